The molecule has 7 heteroatoms. The highest BCUT2D eigenvalue weighted by atomic mass is 35.5. The Morgan fingerprint density at radius 1 is 1.27 bits per heavy atom. The van der Waals surface area contributed by atoms with Crippen LogP contribution < -0.4 is 10.2 Å². The van der Waals surface area contributed by atoms with Crippen molar-refractivity contribution in [3.05, 3.63) is 24.3 Å². The molecule has 0 radical (unpaired) electrons. The van der Waals surface area contributed by atoms with Crippen molar-refractivity contribution >= 4 is 41.7 Å². The lowest BCUT2D eigenvalue weighted by Gasteiger charge is -2.34. The first-order valence-corrected chi connectivity index (χ1v) is 10.2. The molecule has 1 N–H and O–H groups in total. The first kappa shape index (κ1) is 21.1. The second kappa shape index (κ2) is 9.62. The van der Waals surface area contributed by atoms with Crippen LogP contribution in [0.2, 0.25) is 0 Å². The van der Waals surface area contributed by atoms with Crippen LogP contribution >= 0.6 is 24.2 Å². The summed E-state index contributed by atoms with van der Waals surface area (Å²) in [7, 11) is 1.95. The number of carbonyl (C=O) groups is 2. The highest BCUT2D eigenvalue weighted by Crippen LogP contribution is 2.29. The van der Waals surface area contributed by atoms with Crippen LogP contribution in [0, 0.1) is 11.8 Å². The Kier molecular flexibility index (Phi) is 7.80. The van der Waals surface area contributed by atoms with Crippen LogP contribution in [0.4, 0.5) is 5.69 Å². The van der Waals surface area contributed by atoms with Crippen molar-refractivity contribution in [2.75, 3.05) is 44.4 Å². The average Bonchev–Trinajstić information content (AvgIpc) is 3.03. The van der Waals surface area contributed by atoms with Crippen molar-refractivity contribution in [2.24, 2.45) is 11.8 Å². The number of anilines is 1. The van der Waals surface area contributed by atoms with Gasteiger partial charge in [0.1, 0.15) is 0 Å². The molecule has 2 fully saturated rings. The molecule has 2 amide bonds. The summed E-state index contributed by atoms with van der Waals surface area (Å²) in [4.78, 5) is 30.2. The smallest absolute Gasteiger partial charge is 0.228 e. The number of nitrogens with one attached hydrogen (secondary N) is 1. The summed E-state index contributed by atoms with van der Waals surface area (Å²) in [6, 6.07) is 7.99. The van der Waals surface area contributed by atoms with Gasteiger partial charge in [-0.05, 0) is 62.9 Å². The molecule has 1 aromatic carbocycles. The summed E-state index contributed by atoms with van der Waals surface area (Å²) in [6.07, 6.45) is 4.59. The Morgan fingerprint density at radius 3 is 2.65 bits per heavy atom. The first-order chi connectivity index (χ1) is 12.1. The zero-order valence-corrected chi connectivity index (χ0v) is 17.1. The summed E-state index contributed by atoms with van der Waals surface area (Å²) in [5.41, 5.74) is 0.893. The van der Waals surface area contributed by atoms with Crippen LogP contribution in [0.5, 0.6) is 0 Å². The second-order valence-corrected chi connectivity index (χ2v) is 7.83. The summed E-state index contributed by atoms with van der Waals surface area (Å²) in [6.45, 7) is 3.09. The van der Waals surface area contributed by atoms with E-state index in [2.05, 4.69) is 5.32 Å². The SMILES string of the molecule is CNCC1CCCN(C(=O)C2CC(=O)N(c3ccc(SC)cc3)C2)C1.Cl. The number of halogens is 1. The van der Waals surface area contributed by atoms with E-state index in [4.69, 9.17) is 0 Å². The van der Waals surface area contributed by atoms with Gasteiger partial charge in [-0.25, -0.2) is 0 Å². The minimum atomic E-state index is -0.207. The van der Waals surface area contributed by atoms with E-state index < -0.39 is 0 Å². The third-order valence-corrected chi connectivity index (χ3v) is 5.93. The highest BCUT2D eigenvalue weighted by molar-refractivity contribution is 7.98. The topological polar surface area (TPSA) is 52.7 Å². The number of benzene rings is 1. The lowest BCUT2D eigenvalue weighted by atomic mass is 9.96. The van der Waals surface area contributed by atoms with Crippen molar-refractivity contribution in [1.82, 2.24) is 10.2 Å². The van der Waals surface area contributed by atoms with Crippen LogP contribution in [0.15, 0.2) is 29.2 Å². The average molecular weight is 398 g/mol. The Bertz CT molecular complexity index is 624. The van der Waals surface area contributed by atoms with E-state index >= 15 is 0 Å². The van der Waals surface area contributed by atoms with Gasteiger partial charge in [-0.3, -0.25) is 9.59 Å². The van der Waals surface area contributed by atoms with E-state index in [9.17, 15) is 9.59 Å². The summed E-state index contributed by atoms with van der Waals surface area (Å²) >= 11 is 1.68. The predicted molar refractivity (Wildman–Crippen MR) is 109 cm³/mol. The molecular weight excluding hydrogens is 370 g/mol. The molecule has 3 rings (SSSR count). The quantitative estimate of drug-likeness (QED) is 0.776. The number of hydrogen-bond acceptors (Lipinski definition) is 4. The molecule has 2 aliphatic rings. The number of amides is 2. The third kappa shape index (κ3) is 4.72. The Morgan fingerprint density at radius 2 is 2.00 bits per heavy atom. The lowest BCUT2D eigenvalue weighted by molar-refractivity contribution is -0.137. The normalized spacial score (nSPS) is 23.1. The fourth-order valence-electron chi connectivity index (χ4n) is 3.86. The molecule has 144 valence electrons. The Balaban J connectivity index is 0.00000243. The van der Waals surface area contributed by atoms with Gasteiger partial charge in [0.25, 0.3) is 0 Å². The fourth-order valence-corrected chi connectivity index (χ4v) is 4.27. The minimum Gasteiger partial charge on any atom is -0.342 e. The molecule has 2 saturated heterocycles. The fraction of sp³-hybridized carbons (Fsp3) is 0.579. The Labute approximate surface area is 166 Å². The van der Waals surface area contributed by atoms with E-state index in [1.54, 1.807) is 16.7 Å². The maximum Gasteiger partial charge on any atom is 0.228 e. The van der Waals surface area contributed by atoms with Gasteiger partial charge in [-0.1, -0.05) is 0 Å². The molecule has 2 unspecified atom stereocenters. The van der Waals surface area contributed by atoms with E-state index in [0.29, 0.717) is 18.9 Å². The number of piperidine rings is 1. The molecule has 2 atom stereocenters. The summed E-state index contributed by atoms with van der Waals surface area (Å²) in [5.74, 6) is 0.521. The largest absolute Gasteiger partial charge is 0.342 e. The van der Waals surface area contributed by atoms with Gasteiger partial charge in [0.2, 0.25) is 11.8 Å². The number of thioether (sulfide) groups is 1. The zero-order valence-electron chi connectivity index (χ0n) is 15.4. The molecule has 0 spiro atoms. The van der Waals surface area contributed by atoms with Gasteiger partial charge in [0.05, 0.1) is 5.92 Å². The molecule has 0 saturated carbocycles. The van der Waals surface area contributed by atoms with E-state index in [1.165, 1.54) is 11.3 Å². The van der Waals surface area contributed by atoms with Crippen molar-refractivity contribution in [1.29, 1.82) is 0 Å². The molecule has 0 bridgehead atoms. The van der Waals surface area contributed by atoms with Gasteiger partial charge >= 0.3 is 0 Å². The Hall–Kier alpha value is -1.24. The standard InChI is InChI=1S/C19H27N3O2S.ClH/c1-20-11-14-4-3-9-21(12-14)19(24)15-10-18(23)22(13-15)16-5-7-17(25-2)8-6-16;/h5-8,14-15,20H,3-4,9-13H2,1-2H3;1H. The lowest BCUT2D eigenvalue weighted by Crippen LogP contribution is -2.45. The third-order valence-electron chi connectivity index (χ3n) is 5.18. The van der Waals surface area contributed by atoms with Crippen molar-refractivity contribution in [3.8, 4) is 0 Å². The van der Waals surface area contributed by atoms with Crippen LogP contribution in [-0.2, 0) is 9.59 Å². The number of nitrogens with zero attached hydrogens (tertiary/aromatic N) is 2. The highest BCUT2D eigenvalue weighted by Gasteiger charge is 2.38. The second-order valence-electron chi connectivity index (χ2n) is 6.95. The van der Waals surface area contributed by atoms with E-state index in [-0.39, 0.29) is 30.1 Å². The molecule has 2 heterocycles. The maximum atomic E-state index is 12.9. The van der Waals surface area contributed by atoms with Crippen molar-refractivity contribution < 1.29 is 9.59 Å². The number of likely N-dealkylation sites (tertiary alicyclic amines) is 1. The van der Waals surface area contributed by atoms with Gasteiger partial charge < -0.3 is 15.1 Å². The predicted octanol–water partition coefficient (Wildman–Crippen LogP) is 2.64. The number of carbonyl (C=O) groups excluding carboxylic acids is 2. The van der Waals surface area contributed by atoms with Gasteiger partial charge in [0, 0.05) is 36.6 Å². The monoisotopic (exact) mass is 397 g/mol. The summed E-state index contributed by atoms with van der Waals surface area (Å²) in [5, 5.41) is 3.21. The van der Waals surface area contributed by atoms with E-state index in [1.807, 2.05) is 42.5 Å². The number of hydrogen-bond donors (Lipinski definition) is 1. The first-order valence-electron chi connectivity index (χ1n) is 9.00. The van der Waals surface area contributed by atoms with Crippen LogP contribution in [0.1, 0.15) is 19.3 Å². The van der Waals surface area contributed by atoms with Crippen LogP contribution in [-0.4, -0.2) is 56.2 Å². The zero-order chi connectivity index (χ0) is 17.8. The molecule has 5 nitrogen and oxygen atoms in total. The summed E-state index contributed by atoms with van der Waals surface area (Å²) < 4.78 is 0. The van der Waals surface area contributed by atoms with E-state index in [0.717, 1.165) is 31.7 Å². The van der Waals surface area contributed by atoms with Gasteiger partial charge in [0.15, 0.2) is 0 Å². The number of rotatable bonds is 5. The molecular formula is C19H28ClN3O2S. The van der Waals surface area contributed by atoms with Gasteiger partial charge in [-0.2, -0.15) is 0 Å². The maximum absolute atomic E-state index is 12.9. The minimum absolute atomic E-state index is 0. The van der Waals surface area contributed by atoms with Gasteiger partial charge in [-0.15, -0.1) is 24.2 Å². The molecule has 2 aliphatic heterocycles. The van der Waals surface area contributed by atoms with Crippen molar-refractivity contribution in [2.45, 2.75) is 24.2 Å². The molecule has 1 aromatic rings. The van der Waals surface area contributed by atoms with Crippen LogP contribution in [0.3, 0.4) is 0 Å². The molecule has 26 heavy (non-hydrogen) atoms. The van der Waals surface area contributed by atoms with Crippen LogP contribution in [0.25, 0.3) is 0 Å². The molecule has 0 aromatic heterocycles. The van der Waals surface area contributed by atoms with Crippen molar-refractivity contribution in [3.63, 3.8) is 0 Å². The molecule has 0 aliphatic carbocycles.